The van der Waals surface area contributed by atoms with Crippen molar-refractivity contribution in [2.45, 2.75) is 0 Å². The summed E-state index contributed by atoms with van der Waals surface area (Å²) >= 11 is 3.48. The lowest BCUT2D eigenvalue weighted by Crippen LogP contribution is -2.30. The smallest absolute Gasteiger partial charge is 0.250 e. The van der Waals surface area contributed by atoms with E-state index in [2.05, 4.69) is 26.5 Å². The lowest BCUT2D eigenvalue weighted by molar-refractivity contribution is -0.107. The van der Waals surface area contributed by atoms with Gasteiger partial charge in [0.15, 0.2) is 0 Å². The van der Waals surface area contributed by atoms with Crippen LogP contribution in [0.3, 0.4) is 0 Å². The number of para-hydroxylation sites is 1. The van der Waals surface area contributed by atoms with E-state index in [1.54, 1.807) is 35.1 Å². The Bertz CT molecular complexity index is 950. The van der Waals surface area contributed by atoms with Crippen LogP contribution < -0.4 is 16.2 Å². The highest BCUT2D eigenvalue weighted by Gasteiger charge is 2.15. The van der Waals surface area contributed by atoms with E-state index in [0.29, 0.717) is 17.8 Å². The van der Waals surface area contributed by atoms with Crippen LogP contribution >= 0.6 is 15.9 Å². The largest absolute Gasteiger partial charge is 0.366 e. The molecule has 0 atom stereocenters. The van der Waals surface area contributed by atoms with Crippen LogP contribution in [-0.2, 0) is 11.8 Å². The second kappa shape index (κ2) is 7.40. The number of carbonyl (C=O) groups is 2. The molecule has 8 heteroatoms. The van der Waals surface area contributed by atoms with Crippen molar-refractivity contribution in [3.05, 3.63) is 64.8 Å². The Morgan fingerprint density at radius 1 is 1.27 bits per heavy atom. The molecule has 1 aromatic heterocycles. The van der Waals surface area contributed by atoms with Crippen molar-refractivity contribution in [2.24, 2.45) is 12.8 Å². The van der Waals surface area contributed by atoms with Crippen molar-refractivity contribution >= 4 is 39.6 Å². The Balaban J connectivity index is 1.95. The number of nitrogens with two attached hydrogens (primary N) is 1. The molecule has 2 amide bonds. The number of halogens is 1. The lowest BCUT2D eigenvalue weighted by atomic mass is 10.1. The monoisotopic (exact) mass is 413 g/mol. The quantitative estimate of drug-likeness (QED) is 0.479. The predicted molar refractivity (Wildman–Crippen MR) is 103 cm³/mol. The minimum Gasteiger partial charge on any atom is -0.366 e. The molecule has 3 aromatic rings. The molecule has 0 fully saturated rings. The van der Waals surface area contributed by atoms with Gasteiger partial charge in [-0.2, -0.15) is 5.10 Å². The van der Waals surface area contributed by atoms with E-state index in [-0.39, 0.29) is 5.56 Å². The van der Waals surface area contributed by atoms with Gasteiger partial charge in [-0.15, -0.1) is 0 Å². The van der Waals surface area contributed by atoms with Crippen LogP contribution in [0.1, 0.15) is 10.4 Å². The maximum absolute atomic E-state index is 11.6. The summed E-state index contributed by atoms with van der Waals surface area (Å²) in [6.07, 6.45) is 2.31. The third kappa shape index (κ3) is 3.45. The molecular weight excluding hydrogens is 398 g/mol. The van der Waals surface area contributed by atoms with Crippen LogP contribution in [0.2, 0.25) is 0 Å². The number of aromatic nitrogens is 2. The van der Waals surface area contributed by atoms with Crippen LogP contribution in [0.4, 0.5) is 11.4 Å². The van der Waals surface area contributed by atoms with E-state index in [4.69, 9.17) is 5.73 Å². The number of nitrogens with one attached hydrogen (secondary N) is 1. The number of amides is 2. The summed E-state index contributed by atoms with van der Waals surface area (Å²) in [4.78, 5) is 23.2. The number of hydrazine groups is 1. The highest BCUT2D eigenvalue weighted by molar-refractivity contribution is 9.10. The number of carbonyl (C=O) groups excluding carboxylic acids is 2. The van der Waals surface area contributed by atoms with E-state index in [9.17, 15) is 9.59 Å². The maximum atomic E-state index is 11.6. The fraction of sp³-hybridized carbons (Fsp3) is 0.0556. The number of hydrogen-bond donors (Lipinski definition) is 2. The van der Waals surface area contributed by atoms with E-state index in [1.165, 1.54) is 5.01 Å². The standard InChI is InChI=1S/C18H16BrN5O2/c1-23-17(15(19)10-21-23)12-5-4-6-13(9-12)22-24(11-25)16-8-3-2-7-14(16)18(20)26/h2-11,22H,1H3,(H2,20,26). The zero-order valence-electron chi connectivity index (χ0n) is 13.9. The topological polar surface area (TPSA) is 93.2 Å². The van der Waals surface area contributed by atoms with E-state index < -0.39 is 5.91 Å². The van der Waals surface area contributed by atoms with Gasteiger partial charge in [0.05, 0.1) is 33.3 Å². The molecule has 3 rings (SSSR count). The van der Waals surface area contributed by atoms with Crippen LogP contribution in [0.15, 0.2) is 59.2 Å². The molecule has 0 aliphatic heterocycles. The summed E-state index contributed by atoms with van der Waals surface area (Å²) < 4.78 is 2.62. The molecule has 0 unspecified atom stereocenters. The van der Waals surface area contributed by atoms with Crippen molar-refractivity contribution in [2.75, 3.05) is 10.4 Å². The van der Waals surface area contributed by atoms with Gasteiger partial charge in [-0.25, -0.2) is 5.01 Å². The molecule has 0 radical (unpaired) electrons. The SMILES string of the molecule is Cn1ncc(Br)c1-c1cccc(NN(C=O)c2ccccc2C(N)=O)c1. The van der Waals surface area contributed by atoms with Crippen molar-refractivity contribution in [1.82, 2.24) is 9.78 Å². The Labute approximate surface area is 158 Å². The number of primary amides is 1. The third-order valence-corrected chi connectivity index (χ3v) is 4.39. The van der Waals surface area contributed by atoms with Crippen molar-refractivity contribution in [3.63, 3.8) is 0 Å². The molecule has 2 aromatic carbocycles. The van der Waals surface area contributed by atoms with Gasteiger partial charge in [0, 0.05) is 12.6 Å². The second-order valence-electron chi connectivity index (χ2n) is 5.51. The molecule has 0 aliphatic rings. The average molecular weight is 414 g/mol. The van der Waals surface area contributed by atoms with Gasteiger partial charge < -0.3 is 5.73 Å². The number of rotatable bonds is 6. The van der Waals surface area contributed by atoms with E-state index in [0.717, 1.165) is 15.7 Å². The second-order valence-corrected chi connectivity index (χ2v) is 6.37. The predicted octanol–water partition coefficient (Wildman–Crippen LogP) is 2.94. The summed E-state index contributed by atoms with van der Waals surface area (Å²) in [6, 6.07) is 14.1. The Morgan fingerprint density at radius 2 is 2.04 bits per heavy atom. The van der Waals surface area contributed by atoms with Crippen molar-refractivity contribution in [3.8, 4) is 11.3 Å². The number of anilines is 2. The molecule has 0 bridgehead atoms. The molecule has 26 heavy (non-hydrogen) atoms. The van der Waals surface area contributed by atoms with Crippen molar-refractivity contribution in [1.29, 1.82) is 0 Å². The van der Waals surface area contributed by atoms with Crippen LogP contribution in [0.5, 0.6) is 0 Å². The van der Waals surface area contributed by atoms with Gasteiger partial charge in [-0.05, 0) is 40.2 Å². The Morgan fingerprint density at radius 3 is 2.69 bits per heavy atom. The summed E-state index contributed by atoms with van der Waals surface area (Å²) in [7, 11) is 1.85. The molecule has 0 saturated carbocycles. The molecule has 0 spiro atoms. The zero-order valence-corrected chi connectivity index (χ0v) is 15.5. The fourth-order valence-electron chi connectivity index (χ4n) is 2.65. The first-order chi connectivity index (χ1) is 12.5. The number of benzene rings is 2. The highest BCUT2D eigenvalue weighted by atomic mass is 79.9. The van der Waals surface area contributed by atoms with Crippen LogP contribution in [0.25, 0.3) is 11.3 Å². The first kappa shape index (κ1) is 17.7. The van der Waals surface area contributed by atoms with Gasteiger partial charge in [-0.3, -0.25) is 19.7 Å². The summed E-state index contributed by atoms with van der Waals surface area (Å²) in [5.41, 5.74) is 11.5. The maximum Gasteiger partial charge on any atom is 0.250 e. The summed E-state index contributed by atoms with van der Waals surface area (Å²) in [5, 5.41) is 5.43. The molecule has 1 heterocycles. The number of aryl methyl sites for hydroxylation is 1. The first-order valence-electron chi connectivity index (χ1n) is 7.69. The summed E-state index contributed by atoms with van der Waals surface area (Å²) in [6.45, 7) is 0. The Kier molecular flexibility index (Phi) is 5.04. The van der Waals surface area contributed by atoms with Gasteiger partial charge in [0.2, 0.25) is 6.41 Å². The molecule has 7 nitrogen and oxygen atoms in total. The number of nitrogens with zero attached hydrogens (tertiary/aromatic N) is 3. The lowest BCUT2D eigenvalue weighted by Gasteiger charge is -2.22. The number of hydrogen-bond acceptors (Lipinski definition) is 4. The summed E-state index contributed by atoms with van der Waals surface area (Å²) in [5.74, 6) is -0.609. The average Bonchev–Trinajstić information content (AvgIpc) is 2.98. The minimum absolute atomic E-state index is 0.248. The van der Waals surface area contributed by atoms with Gasteiger partial charge in [-0.1, -0.05) is 24.3 Å². The normalized spacial score (nSPS) is 10.4. The molecular formula is C18H16BrN5O2. The molecule has 3 N–H and O–H groups in total. The highest BCUT2D eigenvalue weighted by Crippen LogP contribution is 2.29. The minimum atomic E-state index is -0.609. The van der Waals surface area contributed by atoms with E-state index in [1.807, 2.05) is 31.3 Å². The fourth-order valence-corrected chi connectivity index (χ4v) is 3.22. The first-order valence-corrected chi connectivity index (χ1v) is 8.48. The molecule has 132 valence electrons. The molecule has 0 saturated heterocycles. The van der Waals surface area contributed by atoms with Gasteiger partial charge in [0.25, 0.3) is 5.91 Å². The van der Waals surface area contributed by atoms with Gasteiger partial charge >= 0.3 is 0 Å². The van der Waals surface area contributed by atoms with Crippen LogP contribution in [0, 0.1) is 0 Å². The van der Waals surface area contributed by atoms with E-state index >= 15 is 0 Å². The third-order valence-electron chi connectivity index (χ3n) is 3.81. The molecule has 0 aliphatic carbocycles. The zero-order chi connectivity index (χ0) is 18.7. The van der Waals surface area contributed by atoms with Crippen LogP contribution in [-0.4, -0.2) is 22.1 Å². The van der Waals surface area contributed by atoms with Gasteiger partial charge in [0.1, 0.15) is 0 Å². The Hall–Kier alpha value is -3.13. The van der Waals surface area contributed by atoms with Crippen molar-refractivity contribution < 1.29 is 9.59 Å².